The maximum Gasteiger partial charge on any atom is 0.143 e. The summed E-state index contributed by atoms with van der Waals surface area (Å²) in [5.74, 6) is 1.14. The van der Waals surface area contributed by atoms with Crippen LogP contribution < -0.4 is 10.1 Å². The van der Waals surface area contributed by atoms with Crippen LogP contribution in [-0.4, -0.2) is 25.4 Å². The molecule has 1 fully saturated rings. The van der Waals surface area contributed by atoms with E-state index >= 15 is 0 Å². The maximum atomic E-state index is 6.47. The minimum Gasteiger partial charge on any atom is -0.481 e. The number of hydrogen-bond acceptors (Lipinski definition) is 4. The van der Waals surface area contributed by atoms with Crippen LogP contribution in [0, 0.1) is 5.92 Å². The van der Waals surface area contributed by atoms with Crippen LogP contribution in [0.4, 0.5) is 0 Å². The zero-order valence-electron chi connectivity index (χ0n) is 17.7. The number of oxime groups is 1. The van der Waals surface area contributed by atoms with Crippen molar-refractivity contribution >= 4 is 5.71 Å². The fourth-order valence-corrected chi connectivity index (χ4v) is 4.42. The summed E-state index contributed by atoms with van der Waals surface area (Å²) in [6.45, 7) is 2.51. The largest absolute Gasteiger partial charge is 0.481 e. The molecule has 0 radical (unpaired) electrons. The highest BCUT2D eigenvalue weighted by Crippen LogP contribution is 2.60. The average molecular weight is 413 g/mol. The monoisotopic (exact) mass is 412 g/mol. The van der Waals surface area contributed by atoms with Crippen LogP contribution in [-0.2, 0) is 16.9 Å². The van der Waals surface area contributed by atoms with E-state index in [1.165, 1.54) is 11.1 Å². The summed E-state index contributed by atoms with van der Waals surface area (Å²) in [4.78, 5) is 5.77. The van der Waals surface area contributed by atoms with Gasteiger partial charge in [0.05, 0.1) is 11.6 Å². The van der Waals surface area contributed by atoms with E-state index in [-0.39, 0.29) is 11.5 Å². The van der Waals surface area contributed by atoms with Gasteiger partial charge in [-0.3, -0.25) is 0 Å². The number of rotatable bonds is 9. The third-order valence-corrected chi connectivity index (χ3v) is 6.14. The maximum absolute atomic E-state index is 6.47. The topological polar surface area (TPSA) is 42.8 Å². The third-order valence-electron chi connectivity index (χ3n) is 6.14. The molecular weight excluding hydrogens is 384 g/mol. The van der Waals surface area contributed by atoms with Crippen molar-refractivity contribution in [2.75, 3.05) is 19.7 Å². The van der Waals surface area contributed by atoms with Gasteiger partial charge in [0.15, 0.2) is 0 Å². The van der Waals surface area contributed by atoms with E-state index in [9.17, 15) is 0 Å². The highest BCUT2D eigenvalue weighted by atomic mass is 16.6. The summed E-state index contributed by atoms with van der Waals surface area (Å²) in [6, 6.07) is 29.2. The second kappa shape index (κ2) is 8.94. The van der Waals surface area contributed by atoms with Crippen LogP contribution in [0.1, 0.15) is 29.5 Å². The molecule has 3 aromatic rings. The normalized spacial score (nSPS) is 22.3. The summed E-state index contributed by atoms with van der Waals surface area (Å²) >= 11 is 0. The molecule has 2 aliphatic rings. The second-order valence-corrected chi connectivity index (χ2v) is 8.26. The summed E-state index contributed by atoms with van der Waals surface area (Å²) in [5, 5.41) is 8.08. The molecule has 5 rings (SSSR count). The molecule has 0 bridgehead atoms. The Labute approximate surface area is 183 Å². The van der Waals surface area contributed by atoms with Crippen LogP contribution in [0.2, 0.25) is 0 Å². The zero-order valence-corrected chi connectivity index (χ0v) is 17.7. The van der Waals surface area contributed by atoms with Crippen LogP contribution in [0.3, 0.4) is 0 Å². The Bertz CT molecular complexity index is 1040. The summed E-state index contributed by atoms with van der Waals surface area (Å²) in [5.41, 5.74) is 4.35. The van der Waals surface area contributed by atoms with Crippen molar-refractivity contribution in [1.82, 2.24) is 5.32 Å². The predicted molar refractivity (Wildman–Crippen MR) is 123 cm³/mol. The van der Waals surface area contributed by atoms with E-state index in [1.54, 1.807) is 0 Å². The van der Waals surface area contributed by atoms with Gasteiger partial charge in [-0.1, -0.05) is 78.0 Å². The van der Waals surface area contributed by atoms with Gasteiger partial charge in [-0.2, -0.15) is 0 Å². The van der Waals surface area contributed by atoms with Gasteiger partial charge < -0.3 is 14.9 Å². The van der Waals surface area contributed by atoms with Crippen molar-refractivity contribution in [1.29, 1.82) is 0 Å². The molecule has 1 aliphatic carbocycles. The first-order valence-corrected chi connectivity index (χ1v) is 11.2. The summed E-state index contributed by atoms with van der Waals surface area (Å²) in [7, 11) is 0. The van der Waals surface area contributed by atoms with Gasteiger partial charge >= 0.3 is 0 Å². The van der Waals surface area contributed by atoms with Crippen molar-refractivity contribution in [3.05, 3.63) is 102 Å². The van der Waals surface area contributed by atoms with Crippen molar-refractivity contribution in [2.24, 2.45) is 11.1 Å². The van der Waals surface area contributed by atoms with E-state index in [0.717, 1.165) is 49.4 Å². The minimum atomic E-state index is -0.295. The van der Waals surface area contributed by atoms with Crippen molar-refractivity contribution in [3.8, 4) is 5.75 Å². The molecule has 31 heavy (non-hydrogen) atoms. The molecule has 0 aromatic heterocycles. The molecule has 4 heteroatoms. The standard InChI is InChI=1S/C27H28N2O2/c1-3-10-21(11-4-1)16-18-28-17-9-19-30-29-26-23-14-7-8-15-25(23)31-27(20-24(26)27)22-12-5-2-6-13-22/h1-8,10-15,24,28H,9,16-20H2. The van der Waals surface area contributed by atoms with Crippen molar-refractivity contribution in [2.45, 2.75) is 24.9 Å². The lowest BCUT2D eigenvalue weighted by Crippen LogP contribution is -2.28. The molecule has 0 spiro atoms. The first-order chi connectivity index (χ1) is 15.4. The number of hydrogen-bond donors (Lipinski definition) is 1. The zero-order chi connectivity index (χ0) is 20.9. The van der Waals surface area contributed by atoms with Crippen LogP contribution >= 0.6 is 0 Å². The lowest BCUT2D eigenvalue weighted by Gasteiger charge is -2.27. The molecular formula is C27H28N2O2. The van der Waals surface area contributed by atoms with Crippen LogP contribution in [0.15, 0.2) is 90.1 Å². The minimum absolute atomic E-state index is 0.244. The Morgan fingerprint density at radius 2 is 1.65 bits per heavy atom. The van der Waals surface area contributed by atoms with Gasteiger partial charge in [-0.25, -0.2) is 0 Å². The molecule has 0 saturated heterocycles. The first-order valence-electron chi connectivity index (χ1n) is 11.2. The highest BCUT2D eigenvalue weighted by Gasteiger charge is 2.64. The molecule has 4 nitrogen and oxygen atoms in total. The number of ether oxygens (including phenoxy) is 1. The van der Waals surface area contributed by atoms with E-state index in [0.29, 0.717) is 6.61 Å². The van der Waals surface area contributed by atoms with E-state index < -0.39 is 0 Å². The number of para-hydroxylation sites is 1. The van der Waals surface area contributed by atoms with E-state index in [4.69, 9.17) is 9.57 Å². The SMILES string of the molecule is c1ccc(CCNCCCON=C2c3ccccc3OC3(c4ccccc4)CC23)cc1. The van der Waals surface area contributed by atoms with Gasteiger partial charge in [-0.05, 0) is 49.2 Å². The fourth-order valence-electron chi connectivity index (χ4n) is 4.42. The van der Waals surface area contributed by atoms with Crippen LogP contribution in [0.5, 0.6) is 5.75 Å². The van der Waals surface area contributed by atoms with Gasteiger partial charge in [0, 0.05) is 12.0 Å². The molecule has 2 unspecified atom stereocenters. The first kappa shape index (κ1) is 19.8. The molecule has 3 aromatic carbocycles. The molecule has 1 saturated carbocycles. The number of nitrogens with one attached hydrogen (secondary N) is 1. The number of nitrogens with zero attached hydrogens (tertiary/aromatic N) is 1. The predicted octanol–water partition coefficient (Wildman–Crippen LogP) is 4.94. The molecule has 2 atom stereocenters. The number of fused-ring (bicyclic) bond motifs is 2. The van der Waals surface area contributed by atoms with Crippen molar-refractivity contribution < 1.29 is 9.57 Å². The molecule has 158 valence electrons. The lowest BCUT2D eigenvalue weighted by atomic mass is 9.96. The third kappa shape index (κ3) is 4.21. The van der Waals surface area contributed by atoms with E-state index in [2.05, 4.69) is 71.1 Å². The summed E-state index contributed by atoms with van der Waals surface area (Å²) in [6.07, 6.45) is 2.91. The van der Waals surface area contributed by atoms with Crippen molar-refractivity contribution in [3.63, 3.8) is 0 Å². The lowest BCUT2D eigenvalue weighted by molar-refractivity contribution is 0.134. The molecule has 1 aliphatic heterocycles. The Kier molecular flexibility index (Phi) is 5.72. The van der Waals surface area contributed by atoms with Gasteiger partial charge in [0.25, 0.3) is 0 Å². The number of benzene rings is 3. The Morgan fingerprint density at radius 1 is 0.903 bits per heavy atom. The molecule has 0 amide bonds. The van der Waals surface area contributed by atoms with Gasteiger partial charge in [-0.15, -0.1) is 0 Å². The van der Waals surface area contributed by atoms with E-state index in [1.807, 2.05) is 24.3 Å². The smallest absolute Gasteiger partial charge is 0.143 e. The Hall–Kier alpha value is -3.11. The van der Waals surface area contributed by atoms with Gasteiger partial charge in [0.2, 0.25) is 0 Å². The average Bonchev–Trinajstić information content (AvgIpc) is 3.57. The Morgan fingerprint density at radius 3 is 2.48 bits per heavy atom. The van der Waals surface area contributed by atoms with Gasteiger partial charge in [0.1, 0.15) is 18.0 Å². The quantitative estimate of drug-likeness (QED) is 0.400. The van der Waals surface area contributed by atoms with Crippen LogP contribution in [0.25, 0.3) is 0 Å². The second-order valence-electron chi connectivity index (χ2n) is 8.26. The molecule has 1 N–H and O–H groups in total. The Balaban J connectivity index is 1.16. The fraction of sp³-hybridized carbons (Fsp3) is 0.296. The highest BCUT2D eigenvalue weighted by molar-refractivity contribution is 6.08. The summed E-state index contributed by atoms with van der Waals surface area (Å²) < 4.78 is 6.47. The molecule has 1 heterocycles.